The highest BCUT2D eigenvalue weighted by molar-refractivity contribution is 5.23. The van der Waals surface area contributed by atoms with Crippen molar-refractivity contribution in [3.8, 4) is 12.3 Å². The molecule has 23 heavy (non-hydrogen) atoms. The average Bonchev–Trinajstić information content (AvgIpc) is 2.80. The summed E-state index contributed by atoms with van der Waals surface area (Å²) in [4.78, 5) is 0. The Labute approximate surface area is 141 Å². The van der Waals surface area contributed by atoms with Crippen LogP contribution in [0.3, 0.4) is 0 Å². The van der Waals surface area contributed by atoms with Crippen LogP contribution in [0.4, 0.5) is 0 Å². The summed E-state index contributed by atoms with van der Waals surface area (Å²) in [6.45, 7) is 4.77. The van der Waals surface area contributed by atoms with Gasteiger partial charge in [0.1, 0.15) is 5.60 Å². The topological polar surface area (TPSA) is 40.5 Å². The summed E-state index contributed by atoms with van der Waals surface area (Å²) >= 11 is 0. The van der Waals surface area contributed by atoms with Gasteiger partial charge in [0.25, 0.3) is 0 Å². The van der Waals surface area contributed by atoms with E-state index in [-0.39, 0.29) is 11.5 Å². The molecule has 4 aliphatic rings. The molecule has 4 fully saturated rings. The number of aliphatic hydroxyl groups excluding tert-OH is 1. The van der Waals surface area contributed by atoms with Gasteiger partial charge in [-0.25, -0.2) is 0 Å². The lowest BCUT2D eigenvalue weighted by Gasteiger charge is -2.61. The van der Waals surface area contributed by atoms with Crippen molar-refractivity contribution in [3.05, 3.63) is 0 Å². The van der Waals surface area contributed by atoms with E-state index in [1.165, 1.54) is 25.7 Å². The van der Waals surface area contributed by atoms with Gasteiger partial charge in [0.15, 0.2) is 0 Å². The molecule has 128 valence electrons. The summed E-state index contributed by atoms with van der Waals surface area (Å²) in [5.74, 6) is 5.56. The Kier molecular flexibility index (Phi) is 3.47. The third-order valence-corrected chi connectivity index (χ3v) is 9.03. The monoisotopic (exact) mass is 316 g/mol. The number of hydrogen-bond donors (Lipinski definition) is 2. The number of aliphatic hydroxyl groups is 2. The molecule has 0 amide bonds. The maximum absolute atomic E-state index is 11.0. The molecule has 8 atom stereocenters. The molecule has 0 unspecified atom stereocenters. The Bertz CT molecular complexity index is 536. The van der Waals surface area contributed by atoms with E-state index in [9.17, 15) is 10.2 Å². The number of hydrogen-bond acceptors (Lipinski definition) is 2. The van der Waals surface area contributed by atoms with Crippen molar-refractivity contribution < 1.29 is 10.2 Å². The van der Waals surface area contributed by atoms with Crippen molar-refractivity contribution in [1.82, 2.24) is 0 Å². The van der Waals surface area contributed by atoms with Crippen LogP contribution in [0.15, 0.2) is 0 Å². The Morgan fingerprint density at radius 3 is 2.43 bits per heavy atom. The summed E-state index contributed by atoms with van der Waals surface area (Å²) in [5, 5.41) is 21.1. The molecule has 0 aliphatic heterocycles. The van der Waals surface area contributed by atoms with E-state index in [2.05, 4.69) is 19.8 Å². The van der Waals surface area contributed by atoms with Gasteiger partial charge in [-0.2, -0.15) is 0 Å². The van der Waals surface area contributed by atoms with Crippen LogP contribution in [0.25, 0.3) is 0 Å². The Balaban J connectivity index is 1.65. The molecule has 4 rings (SSSR count). The van der Waals surface area contributed by atoms with E-state index in [1.807, 2.05) is 0 Å². The van der Waals surface area contributed by atoms with Gasteiger partial charge in [-0.05, 0) is 86.9 Å². The van der Waals surface area contributed by atoms with Crippen LogP contribution in [0.2, 0.25) is 0 Å². The van der Waals surface area contributed by atoms with Gasteiger partial charge in [0.2, 0.25) is 0 Å². The van der Waals surface area contributed by atoms with Gasteiger partial charge in [0, 0.05) is 5.41 Å². The zero-order chi connectivity index (χ0) is 16.5. The molecule has 0 radical (unpaired) electrons. The number of rotatable bonds is 0. The Morgan fingerprint density at radius 2 is 1.70 bits per heavy atom. The molecule has 2 nitrogen and oxygen atoms in total. The third kappa shape index (κ3) is 1.96. The first-order valence-corrected chi connectivity index (χ1v) is 9.72. The molecular formula is C21H32O2. The molecule has 4 aliphatic carbocycles. The van der Waals surface area contributed by atoms with Crippen molar-refractivity contribution >= 4 is 0 Å². The Morgan fingerprint density at radius 1 is 0.957 bits per heavy atom. The molecule has 2 heteroatoms. The predicted molar refractivity (Wildman–Crippen MR) is 91.5 cm³/mol. The van der Waals surface area contributed by atoms with Crippen LogP contribution in [0.1, 0.15) is 71.6 Å². The molecule has 0 saturated heterocycles. The smallest absolute Gasteiger partial charge is 0.130 e. The van der Waals surface area contributed by atoms with Crippen molar-refractivity contribution in [1.29, 1.82) is 0 Å². The summed E-state index contributed by atoms with van der Waals surface area (Å²) in [7, 11) is 0. The minimum absolute atomic E-state index is 0.0727. The van der Waals surface area contributed by atoms with Crippen LogP contribution in [-0.2, 0) is 0 Å². The van der Waals surface area contributed by atoms with Crippen LogP contribution in [0.5, 0.6) is 0 Å². The van der Waals surface area contributed by atoms with Crippen molar-refractivity contribution in [2.45, 2.75) is 83.3 Å². The highest BCUT2D eigenvalue weighted by Gasteiger charge is 2.64. The van der Waals surface area contributed by atoms with Crippen molar-refractivity contribution in [2.75, 3.05) is 0 Å². The van der Waals surface area contributed by atoms with E-state index in [0.717, 1.165) is 43.9 Å². The van der Waals surface area contributed by atoms with Crippen LogP contribution in [-0.4, -0.2) is 21.9 Å². The lowest BCUT2D eigenvalue weighted by molar-refractivity contribution is -0.144. The fourth-order valence-electron chi connectivity index (χ4n) is 7.49. The van der Waals surface area contributed by atoms with Crippen LogP contribution in [0, 0.1) is 46.8 Å². The van der Waals surface area contributed by atoms with E-state index in [1.54, 1.807) is 0 Å². The minimum atomic E-state index is -0.886. The quantitative estimate of drug-likeness (QED) is 0.668. The first-order valence-electron chi connectivity index (χ1n) is 9.72. The second-order valence-electron chi connectivity index (χ2n) is 9.58. The van der Waals surface area contributed by atoms with Gasteiger partial charge in [-0.15, -0.1) is 6.42 Å². The second-order valence-corrected chi connectivity index (χ2v) is 9.58. The standard InChI is InChI=1S/C21H32O2/c1-4-21(23)12-9-18-16-6-5-14-13-15(22)7-10-19(14,2)17(16)8-11-20(18,21)3/h1,14-18,22-23H,5-13H2,2-3H3/t14-,15+,16-,17-,18+,19-,20-,21-/m0/s1. The van der Waals surface area contributed by atoms with E-state index in [4.69, 9.17) is 6.42 Å². The molecule has 0 spiro atoms. The number of terminal acetylenes is 1. The van der Waals surface area contributed by atoms with Gasteiger partial charge in [-0.1, -0.05) is 19.8 Å². The fourth-order valence-corrected chi connectivity index (χ4v) is 7.49. The highest BCUT2D eigenvalue weighted by Crippen LogP contribution is 2.68. The highest BCUT2D eigenvalue weighted by atomic mass is 16.3. The largest absolute Gasteiger partial charge is 0.393 e. The molecule has 0 bridgehead atoms. The van der Waals surface area contributed by atoms with Crippen LogP contribution < -0.4 is 0 Å². The Hall–Kier alpha value is -0.520. The lowest BCUT2D eigenvalue weighted by atomic mass is 9.44. The fraction of sp³-hybridized carbons (Fsp3) is 0.905. The van der Waals surface area contributed by atoms with Gasteiger partial charge >= 0.3 is 0 Å². The second kappa shape index (κ2) is 4.99. The van der Waals surface area contributed by atoms with Crippen molar-refractivity contribution in [2.24, 2.45) is 34.5 Å². The summed E-state index contributed by atoms with van der Waals surface area (Å²) in [6, 6.07) is 0. The molecule has 0 aromatic rings. The summed E-state index contributed by atoms with van der Waals surface area (Å²) in [5.41, 5.74) is -0.566. The molecular weight excluding hydrogens is 284 g/mol. The minimum Gasteiger partial charge on any atom is -0.393 e. The van der Waals surface area contributed by atoms with E-state index < -0.39 is 5.60 Å². The molecule has 0 heterocycles. The normalized spacial score (nSPS) is 58.7. The first kappa shape index (κ1) is 16.0. The maximum atomic E-state index is 11.0. The lowest BCUT2D eigenvalue weighted by Crippen LogP contribution is -2.56. The zero-order valence-corrected chi connectivity index (χ0v) is 14.7. The van der Waals surface area contributed by atoms with E-state index >= 15 is 0 Å². The first-order chi connectivity index (χ1) is 10.8. The van der Waals surface area contributed by atoms with Gasteiger partial charge in [0.05, 0.1) is 6.10 Å². The zero-order valence-electron chi connectivity index (χ0n) is 14.7. The average molecular weight is 316 g/mol. The van der Waals surface area contributed by atoms with Gasteiger partial charge < -0.3 is 10.2 Å². The molecule has 0 aromatic carbocycles. The molecule has 2 N–H and O–H groups in total. The SMILES string of the molecule is C#C[C@]1(O)CC[C@@H]2[C@H]3CC[C@H]4C[C@H](O)CC[C@]4(C)[C@H]3CC[C@@]21C. The maximum Gasteiger partial charge on any atom is 0.130 e. The third-order valence-electron chi connectivity index (χ3n) is 9.03. The van der Waals surface area contributed by atoms with Crippen molar-refractivity contribution in [3.63, 3.8) is 0 Å². The predicted octanol–water partition coefficient (Wildman–Crippen LogP) is 3.75. The van der Waals surface area contributed by atoms with Gasteiger partial charge in [-0.3, -0.25) is 0 Å². The summed E-state index contributed by atoms with van der Waals surface area (Å²) in [6.07, 6.45) is 15.6. The number of fused-ring (bicyclic) bond motifs is 5. The molecule has 4 saturated carbocycles. The summed E-state index contributed by atoms with van der Waals surface area (Å²) < 4.78 is 0. The van der Waals surface area contributed by atoms with E-state index in [0.29, 0.717) is 17.3 Å². The van der Waals surface area contributed by atoms with Crippen LogP contribution >= 0.6 is 0 Å². The molecule has 0 aromatic heterocycles.